The fraction of sp³-hybridized carbons (Fsp3) is 0.471. The van der Waals surface area contributed by atoms with Gasteiger partial charge >= 0.3 is 0 Å². The van der Waals surface area contributed by atoms with Crippen LogP contribution in [0, 0.1) is 5.82 Å². The summed E-state index contributed by atoms with van der Waals surface area (Å²) in [6.45, 7) is 5.19. The van der Waals surface area contributed by atoms with Crippen LogP contribution < -0.4 is 5.32 Å². The molecule has 21 heavy (non-hydrogen) atoms. The van der Waals surface area contributed by atoms with Crippen molar-refractivity contribution < 1.29 is 4.39 Å². The van der Waals surface area contributed by atoms with Crippen LogP contribution in [-0.4, -0.2) is 22.4 Å². The van der Waals surface area contributed by atoms with Crippen molar-refractivity contribution in [3.63, 3.8) is 0 Å². The second kappa shape index (κ2) is 7.36. The Morgan fingerprint density at radius 1 is 1.24 bits per heavy atom. The number of hydrogen-bond donors (Lipinski definition) is 1. The lowest BCUT2D eigenvalue weighted by atomic mass is 9.92. The molecule has 114 valence electrons. The molecular formula is C17H24FN3. The molecule has 0 bridgehead atoms. The van der Waals surface area contributed by atoms with Crippen molar-refractivity contribution in [1.82, 2.24) is 15.1 Å². The van der Waals surface area contributed by atoms with E-state index >= 15 is 0 Å². The van der Waals surface area contributed by atoms with Gasteiger partial charge in [0.15, 0.2) is 0 Å². The summed E-state index contributed by atoms with van der Waals surface area (Å²) in [6, 6.07) is 7.33. The highest BCUT2D eigenvalue weighted by atomic mass is 19.1. The predicted octanol–water partition coefficient (Wildman–Crippen LogP) is 3.27. The lowest BCUT2D eigenvalue weighted by Crippen LogP contribution is -2.28. The topological polar surface area (TPSA) is 29.9 Å². The molecule has 0 amide bonds. The number of aromatic nitrogens is 2. The van der Waals surface area contributed by atoms with E-state index < -0.39 is 0 Å². The Morgan fingerprint density at radius 2 is 1.95 bits per heavy atom. The minimum Gasteiger partial charge on any atom is -0.314 e. The Morgan fingerprint density at radius 3 is 2.52 bits per heavy atom. The second-order valence-electron chi connectivity index (χ2n) is 5.87. The zero-order valence-corrected chi connectivity index (χ0v) is 13.0. The van der Waals surface area contributed by atoms with Crippen LogP contribution in [0.25, 0.3) is 0 Å². The summed E-state index contributed by atoms with van der Waals surface area (Å²) in [5.74, 6) is 0.204. The van der Waals surface area contributed by atoms with Crippen molar-refractivity contribution >= 4 is 0 Å². The molecule has 0 saturated heterocycles. The van der Waals surface area contributed by atoms with Crippen molar-refractivity contribution in [3.05, 3.63) is 53.6 Å². The van der Waals surface area contributed by atoms with Crippen LogP contribution in [0.15, 0.2) is 36.7 Å². The number of nitrogens with one attached hydrogen (secondary N) is 1. The van der Waals surface area contributed by atoms with Crippen molar-refractivity contribution in [3.8, 4) is 0 Å². The number of nitrogens with zero attached hydrogens (tertiary/aromatic N) is 2. The number of halogens is 1. The first-order chi connectivity index (χ1) is 10.0. The quantitative estimate of drug-likeness (QED) is 0.848. The Kier molecular flexibility index (Phi) is 5.51. The molecule has 1 aromatic carbocycles. The average molecular weight is 289 g/mol. The molecule has 0 aliphatic carbocycles. The van der Waals surface area contributed by atoms with Crippen LogP contribution in [0.3, 0.4) is 0 Å². The first-order valence-corrected chi connectivity index (χ1v) is 7.51. The van der Waals surface area contributed by atoms with Gasteiger partial charge in [0.05, 0.1) is 6.20 Å². The Balaban J connectivity index is 2.02. The summed E-state index contributed by atoms with van der Waals surface area (Å²) >= 11 is 0. The van der Waals surface area contributed by atoms with E-state index in [1.54, 1.807) is 12.1 Å². The SMILES string of the molecule is CC(C)NCC(CCc1cnn(C)c1)c1ccc(F)cc1. The molecule has 0 radical (unpaired) electrons. The average Bonchev–Trinajstić information content (AvgIpc) is 2.86. The summed E-state index contributed by atoms with van der Waals surface area (Å²) < 4.78 is 14.9. The molecule has 0 fully saturated rings. The van der Waals surface area contributed by atoms with Gasteiger partial charge in [-0.2, -0.15) is 5.10 Å². The monoisotopic (exact) mass is 289 g/mol. The molecule has 1 unspecified atom stereocenters. The van der Waals surface area contributed by atoms with E-state index in [0.717, 1.165) is 19.4 Å². The molecule has 2 aromatic rings. The first-order valence-electron chi connectivity index (χ1n) is 7.51. The van der Waals surface area contributed by atoms with Crippen molar-refractivity contribution in [1.29, 1.82) is 0 Å². The van der Waals surface area contributed by atoms with E-state index in [-0.39, 0.29) is 5.82 Å². The molecule has 4 heteroatoms. The van der Waals surface area contributed by atoms with Gasteiger partial charge in [0.25, 0.3) is 0 Å². The lowest BCUT2D eigenvalue weighted by Gasteiger charge is -2.19. The molecule has 0 aliphatic heterocycles. The normalized spacial score (nSPS) is 12.8. The molecule has 1 heterocycles. The molecule has 3 nitrogen and oxygen atoms in total. The highest BCUT2D eigenvalue weighted by molar-refractivity contribution is 5.21. The molecule has 1 aromatic heterocycles. The summed E-state index contributed by atoms with van der Waals surface area (Å²) in [5.41, 5.74) is 2.43. The molecule has 2 rings (SSSR count). The van der Waals surface area contributed by atoms with Crippen molar-refractivity contribution in [2.75, 3.05) is 6.54 Å². The van der Waals surface area contributed by atoms with Gasteiger partial charge in [0.1, 0.15) is 5.82 Å². The van der Waals surface area contributed by atoms with Crippen molar-refractivity contribution in [2.45, 2.75) is 38.6 Å². The Bertz CT molecular complexity index is 545. The second-order valence-corrected chi connectivity index (χ2v) is 5.87. The molecule has 0 saturated carbocycles. The van der Waals surface area contributed by atoms with Gasteiger partial charge in [-0.3, -0.25) is 4.68 Å². The maximum absolute atomic E-state index is 13.1. The lowest BCUT2D eigenvalue weighted by molar-refractivity contribution is 0.507. The largest absolute Gasteiger partial charge is 0.314 e. The number of benzene rings is 1. The highest BCUT2D eigenvalue weighted by Gasteiger charge is 2.13. The van der Waals surface area contributed by atoms with Crippen LogP contribution in [-0.2, 0) is 13.5 Å². The maximum Gasteiger partial charge on any atom is 0.123 e. The maximum atomic E-state index is 13.1. The van der Waals surface area contributed by atoms with Crippen LogP contribution in [0.1, 0.15) is 37.3 Å². The van der Waals surface area contributed by atoms with E-state index in [0.29, 0.717) is 12.0 Å². The van der Waals surface area contributed by atoms with E-state index in [1.807, 2.05) is 30.1 Å². The molecule has 0 aliphatic rings. The fourth-order valence-corrected chi connectivity index (χ4v) is 2.44. The first kappa shape index (κ1) is 15.7. The van der Waals surface area contributed by atoms with E-state index in [4.69, 9.17) is 0 Å². The Labute approximate surface area is 126 Å². The summed E-state index contributed by atoms with van der Waals surface area (Å²) in [6.07, 6.45) is 5.97. The third kappa shape index (κ3) is 4.97. The third-order valence-electron chi connectivity index (χ3n) is 3.65. The van der Waals surface area contributed by atoms with Gasteiger partial charge in [-0.25, -0.2) is 4.39 Å². The highest BCUT2D eigenvalue weighted by Crippen LogP contribution is 2.22. The third-order valence-corrected chi connectivity index (χ3v) is 3.65. The minimum absolute atomic E-state index is 0.179. The zero-order chi connectivity index (χ0) is 15.2. The Hall–Kier alpha value is -1.68. The van der Waals surface area contributed by atoms with E-state index in [2.05, 4.69) is 30.5 Å². The van der Waals surface area contributed by atoms with Gasteiger partial charge in [0, 0.05) is 25.8 Å². The van der Waals surface area contributed by atoms with Gasteiger partial charge in [-0.15, -0.1) is 0 Å². The van der Waals surface area contributed by atoms with Crippen molar-refractivity contribution in [2.24, 2.45) is 7.05 Å². The zero-order valence-electron chi connectivity index (χ0n) is 13.0. The predicted molar refractivity (Wildman–Crippen MR) is 83.8 cm³/mol. The van der Waals surface area contributed by atoms with E-state index in [1.165, 1.54) is 11.1 Å². The standard InChI is InChI=1S/C17H24FN3/c1-13(2)19-11-16(15-6-8-17(18)9-7-15)5-4-14-10-20-21(3)12-14/h6-10,12-13,16,19H,4-5,11H2,1-3H3. The van der Waals surface area contributed by atoms with Crippen LogP contribution in [0.5, 0.6) is 0 Å². The van der Waals surface area contributed by atoms with Crippen LogP contribution in [0.4, 0.5) is 4.39 Å². The summed E-state index contributed by atoms with van der Waals surface area (Å²) in [4.78, 5) is 0. The molecular weight excluding hydrogens is 265 g/mol. The number of rotatable bonds is 7. The summed E-state index contributed by atoms with van der Waals surface area (Å²) in [5, 5.41) is 7.69. The minimum atomic E-state index is -0.179. The fourth-order valence-electron chi connectivity index (χ4n) is 2.44. The van der Waals surface area contributed by atoms with E-state index in [9.17, 15) is 4.39 Å². The van der Waals surface area contributed by atoms with Gasteiger partial charge in [-0.05, 0) is 42.0 Å². The van der Waals surface area contributed by atoms with Crippen LogP contribution in [0.2, 0.25) is 0 Å². The summed E-state index contributed by atoms with van der Waals surface area (Å²) in [7, 11) is 1.93. The molecule has 1 N–H and O–H groups in total. The molecule has 1 atom stereocenters. The van der Waals surface area contributed by atoms with Crippen LogP contribution >= 0.6 is 0 Å². The number of aryl methyl sites for hydroxylation is 2. The smallest absolute Gasteiger partial charge is 0.123 e. The van der Waals surface area contributed by atoms with Gasteiger partial charge < -0.3 is 5.32 Å². The van der Waals surface area contributed by atoms with Gasteiger partial charge in [0.2, 0.25) is 0 Å². The molecule has 0 spiro atoms. The van der Waals surface area contributed by atoms with Gasteiger partial charge in [-0.1, -0.05) is 26.0 Å². The number of hydrogen-bond acceptors (Lipinski definition) is 2.